The first-order valence-corrected chi connectivity index (χ1v) is 8.99. The summed E-state index contributed by atoms with van der Waals surface area (Å²) in [5.41, 5.74) is 0. The number of hydrogen-bond acceptors (Lipinski definition) is 8. The van der Waals surface area contributed by atoms with Crippen molar-refractivity contribution < 1.29 is 23.9 Å². The molecule has 4 rings (SSSR count). The molecule has 0 aromatic carbocycles. The van der Waals surface area contributed by atoms with Gasteiger partial charge in [0.2, 0.25) is 11.8 Å². The highest BCUT2D eigenvalue weighted by Crippen LogP contribution is 2.56. The summed E-state index contributed by atoms with van der Waals surface area (Å²) in [6.07, 6.45) is 1.29. The minimum atomic E-state index is -1.52. The van der Waals surface area contributed by atoms with Crippen molar-refractivity contribution >= 4 is 29.5 Å². The molecule has 27 heavy (non-hydrogen) atoms. The van der Waals surface area contributed by atoms with Crippen LogP contribution in [-0.4, -0.2) is 64.6 Å². The van der Waals surface area contributed by atoms with Crippen molar-refractivity contribution in [3.8, 4) is 0 Å². The summed E-state index contributed by atoms with van der Waals surface area (Å²) in [6.45, 7) is 3.90. The molecule has 11 nitrogen and oxygen atoms in total. The van der Waals surface area contributed by atoms with E-state index in [1.807, 2.05) is 13.8 Å². The smallest absolute Gasteiger partial charge is 0.323 e. The Morgan fingerprint density at radius 2 is 2.26 bits per heavy atom. The number of nitrogens with one attached hydrogen (secondary N) is 2. The molecule has 2 aromatic heterocycles. The first-order valence-electron chi connectivity index (χ1n) is 8.11. The monoisotopic (exact) mass is 392 g/mol. The number of carbonyl (C=O) groups excluding carboxylic acids is 2. The largest absolute Gasteiger partial charge is 0.480 e. The van der Waals surface area contributed by atoms with Crippen LogP contribution < -0.4 is 5.32 Å². The Morgan fingerprint density at radius 1 is 1.48 bits per heavy atom. The molecule has 3 unspecified atom stereocenters. The number of hydrogen-bond donors (Lipinski definition) is 3. The van der Waals surface area contributed by atoms with E-state index in [-0.39, 0.29) is 17.0 Å². The van der Waals surface area contributed by atoms with Gasteiger partial charge in [-0.15, -0.1) is 22.0 Å². The van der Waals surface area contributed by atoms with Crippen molar-refractivity contribution in [2.45, 2.75) is 42.0 Å². The van der Waals surface area contributed by atoms with Crippen LogP contribution in [-0.2, 0) is 14.4 Å². The van der Waals surface area contributed by atoms with Crippen LogP contribution in [0, 0.1) is 0 Å². The third-order valence-corrected chi connectivity index (χ3v) is 6.25. The summed E-state index contributed by atoms with van der Waals surface area (Å²) in [5, 5.41) is 25.5. The average molecular weight is 392 g/mol. The maximum Gasteiger partial charge on any atom is 0.323 e. The number of aromatic amines is 1. The maximum atomic E-state index is 12.7. The molecule has 2 saturated heterocycles. The second-order valence-corrected chi connectivity index (χ2v) is 8.57. The molecule has 2 aliphatic heterocycles. The molecule has 4 atom stereocenters. The van der Waals surface area contributed by atoms with Crippen molar-refractivity contribution in [2.75, 3.05) is 0 Å². The molecular formula is C15H16N6O5S. The highest BCUT2D eigenvalue weighted by atomic mass is 32.2. The van der Waals surface area contributed by atoms with E-state index in [9.17, 15) is 19.5 Å². The van der Waals surface area contributed by atoms with Crippen molar-refractivity contribution in [3.05, 3.63) is 30.0 Å². The number of β-lactam (4-membered cyclic amide) rings is 1. The van der Waals surface area contributed by atoms with Gasteiger partial charge in [-0.05, 0) is 26.0 Å². The second-order valence-electron chi connectivity index (χ2n) is 6.80. The fourth-order valence-electron chi connectivity index (χ4n) is 3.50. The molecule has 12 heteroatoms. The minimum absolute atomic E-state index is 0.00714. The van der Waals surface area contributed by atoms with Gasteiger partial charge in [-0.2, -0.15) is 5.21 Å². The third kappa shape index (κ3) is 2.67. The lowest BCUT2D eigenvalue weighted by Crippen LogP contribution is -2.68. The third-order valence-electron chi connectivity index (χ3n) is 4.68. The van der Waals surface area contributed by atoms with Crippen molar-refractivity contribution in [3.63, 3.8) is 0 Å². The van der Waals surface area contributed by atoms with Gasteiger partial charge in [0.25, 0.3) is 0 Å². The number of aromatic nitrogens is 4. The number of rotatable bonds is 5. The molecule has 2 aliphatic rings. The molecule has 0 spiro atoms. The molecule has 0 radical (unpaired) electrons. The van der Waals surface area contributed by atoms with Gasteiger partial charge in [-0.3, -0.25) is 14.4 Å². The van der Waals surface area contributed by atoms with Crippen LogP contribution in [0.2, 0.25) is 0 Å². The van der Waals surface area contributed by atoms with Gasteiger partial charge in [0.05, 0.1) is 6.26 Å². The van der Waals surface area contributed by atoms with E-state index in [1.54, 1.807) is 4.90 Å². The summed E-state index contributed by atoms with van der Waals surface area (Å²) in [6, 6.07) is 1.69. The summed E-state index contributed by atoms with van der Waals surface area (Å²) >= 11 is 1.49. The number of H-pyrrole nitrogens is 1. The number of aliphatic carboxylic acids is 1. The van der Waals surface area contributed by atoms with E-state index in [4.69, 9.17) is 4.42 Å². The van der Waals surface area contributed by atoms with Gasteiger partial charge in [0, 0.05) is 4.75 Å². The Labute approximate surface area is 156 Å². The summed E-state index contributed by atoms with van der Waals surface area (Å²) in [7, 11) is 0. The molecule has 4 heterocycles. The number of carbonyl (C=O) groups is 3. The lowest BCUT2D eigenvalue weighted by atomic mass is 9.95. The molecule has 2 fully saturated rings. The lowest BCUT2D eigenvalue weighted by Gasteiger charge is -2.44. The first-order chi connectivity index (χ1) is 12.8. The van der Waals surface area contributed by atoms with Gasteiger partial charge in [0.1, 0.15) is 23.2 Å². The van der Waals surface area contributed by atoms with Gasteiger partial charge in [-0.25, -0.2) is 0 Å². The zero-order valence-corrected chi connectivity index (χ0v) is 15.1. The van der Waals surface area contributed by atoms with Crippen LogP contribution in [0.15, 0.2) is 22.8 Å². The zero-order valence-electron chi connectivity index (χ0n) is 14.3. The van der Waals surface area contributed by atoms with Gasteiger partial charge in [-0.1, -0.05) is 5.21 Å². The van der Waals surface area contributed by atoms with Crippen molar-refractivity contribution in [2.24, 2.45) is 0 Å². The van der Waals surface area contributed by atoms with E-state index in [2.05, 4.69) is 25.9 Å². The van der Waals surface area contributed by atoms with E-state index < -0.39 is 34.6 Å². The van der Waals surface area contributed by atoms with Crippen LogP contribution in [0.1, 0.15) is 37.4 Å². The topological polar surface area (TPSA) is 154 Å². The molecule has 0 saturated carbocycles. The normalized spacial score (nSPS) is 27.0. The summed E-state index contributed by atoms with van der Waals surface area (Å²) in [4.78, 5) is 38.3. The highest BCUT2D eigenvalue weighted by molar-refractivity contribution is 8.01. The maximum absolute atomic E-state index is 12.7. The Hall–Kier alpha value is -2.89. The van der Waals surface area contributed by atoms with Gasteiger partial charge >= 0.3 is 5.97 Å². The van der Waals surface area contributed by atoms with Crippen LogP contribution >= 0.6 is 11.8 Å². The highest BCUT2D eigenvalue weighted by Gasteiger charge is 2.63. The Bertz CT molecular complexity index is 883. The Morgan fingerprint density at radius 3 is 2.85 bits per heavy atom. The number of furan rings is 1. The Kier molecular flexibility index (Phi) is 3.94. The van der Waals surface area contributed by atoms with Crippen molar-refractivity contribution in [1.82, 2.24) is 30.8 Å². The van der Waals surface area contributed by atoms with Crippen LogP contribution in [0.5, 0.6) is 0 Å². The number of thioether (sulfide) groups is 1. The van der Waals surface area contributed by atoms with E-state index >= 15 is 0 Å². The number of tetrazole rings is 1. The predicted molar refractivity (Wildman–Crippen MR) is 90.2 cm³/mol. The van der Waals surface area contributed by atoms with Gasteiger partial charge < -0.3 is 19.7 Å². The zero-order chi connectivity index (χ0) is 19.3. The molecule has 2 aromatic rings. The van der Waals surface area contributed by atoms with E-state index in [0.717, 1.165) is 0 Å². The number of fused-ring (bicyclic) bond motifs is 1. The number of carboxylic acid groups (broad SMARTS) is 1. The second kappa shape index (κ2) is 6.08. The summed E-state index contributed by atoms with van der Waals surface area (Å²) in [5.74, 6) is -3.58. The molecular weight excluding hydrogens is 376 g/mol. The van der Waals surface area contributed by atoms with Crippen LogP contribution in [0.3, 0.4) is 0 Å². The SMILES string of the molecule is CC1(C)S[C@@H]2C(NC(=O)C(C(=O)O)c3ccco3)C(=O)N2C1c1nn[nH]n1. The van der Waals surface area contributed by atoms with Crippen LogP contribution in [0.4, 0.5) is 0 Å². The molecule has 3 N–H and O–H groups in total. The number of carboxylic acids is 1. The van der Waals surface area contributed by atoms with Gasteiger partial charge in [0.15, 0.2) is 11.7 Å². The average Bonchev–Trinajstić information content (AvgIpc) is 3.32. The number of nitrogens with zero attached hydrogens (tertiary/aromatic N) is 4. The molecule has 0 bridgehead atoms. The van der Waals surface area contributed by atoms with E-state index in [1.165, 1.54) is 30.2 Å². The fraction of sp³-hybridized carbons (Fsp3) is 0.467. The fourth-order valence-corrected chi connectivity index (χ4v) is 5.13. The quantitative estimate of drug-likeness (QED) is 0.466. The van der Waals surface area contributed by atoms with E-state index in [0.29, 0.717) is 5.82 Å². The minimum Gasteiger partial charge on any atom is -0.480 e. The Balaban J connectivity index is 1.53. The number of amides is 2. The molecule has 2 amide bonds. The van der Waals surface area contributed by atoms with Crippen LogP contribution in [0.25, 0.3) is 0 Å². The first kappa shape index (κ1) is 17.5. The predicted octanol–water partition coefficient (Wildman–Crippen LogP) is -0.119. The molecule has 0 aliphatic carbocycles. The molecule has 142 valence electrons. The summed E-state index contributed by atoms with van der Waals surface area (Å²) < 4.78 is 4.65. The van der Waals surface area contributed by atoms with Crippen molar-refractivity contribution in [1.29, 1.82) is 0 Å². The standard InChI is InChI=1S/C15H16N6O5S/c1-15(2)9(10-17-19-20-18-10)21-12(23)8(13(21)27-15)16-11(22)7(14(24)25)6-4-3-5-26-6/h3-5,7-9,13H,1-2H3,(H,16,22)(H,24,25)(H,17,18,19,20)/t7?,8?,9?,13-/m1/s1. The lowest BCUT2D eigenvalue weighted by molar-refractivity contribution is -0.154.